The van der Waals surface area contributed by atoms with Gasteiger partial charge in [0.25, 0.3) is 0 Å². The van der Waals surface area contributed by atoms with Gasteiger partial charge < -0.3 is 5.32 Å². The molecule has 1 atom stereocenters. The van der Waals surface area contributed by atoms with Crippen molar-refractivity contribution >= 4 is 22.6 Å². The van der Waals surface area contributed by atoms with Gasteiger partial charge in [0.1, 0.15) is 17.3 Å². The Morgan fingerprint density at radius 2 is 1.76 bits per heavy atom. The lowest BCUT2D eigenvalue weighted by molar-refractivity contribution is 0.591. The van der Waals surface area contributed by atoms with Crippen LogP contribution in [0.4, 0.5) is 14.5 Å². The predicted molar refractivity (Wildman–Crippen MR) is 83.8 cm³/mol. The molecule has 2 aromatic carbocycles. The highest BCUT2D eigenvalue weighted by molar-refractivity contribution is 8.14. The summed E-state index contributed by atoms with van der Waals surface area (Å²) in [6.45, 7) is 0. The van der Waals surface area contributed by atoms with E-state index in [9.17, 15) is 8.78 Å². The molecular formula is C16H14F2N2S. The number of halogens is 2. The normalized spacial score (nSPS) is 17.6. The third-order valence-electron chi connectivity index (χ3n) is 3.22. The second-order valence-electron chi connectivity index (χ2n) is 4.81. The molecule has 0 amide bonds. The molecule has 108 valence electrons. The Kier molecular flexibility index (Phi) is 4.20. The van der Waals surface area contributed by atoms with Crippen molar-refractivity contribution in [3.8, 4) is 0 Å². The number of thioether (sulfide) groups is 1. The highest BCUT2D eigenvalue weighted by Crippen LogP contribution is 2.25. The molecule has 0 aliphatic carbocycles. The second-order valence-corrected chi connectivity index (χ2v) is 5.82. The first-order valence-electron chi connectivity index (χ1n) is 6.68. The molecule has 0 saturated carbocycles. The summed E-state index contributed by atoms with van der Waals surface area (Å²) in [4.78, 5) is 4.50. The van der Waals surface area contributed by atoms with Gasteiger partial charge in [-0.1, -0.05) is 48.2 Å². The summed E-state index contributed by atoms with van der Waals surface area (Å²) in [5.41, 5.74) is 1.08. The van der Waals surface area contributed by atoms with E-state index in [2.05, 4.69) is 22.4 Å². The van der Waals surface area contributed by atoms with Crippen molar-refractivity contribution < 1.29 is 8.78 Å². The molecular weight excluding hydrogens is 290 g/mol. The monoisotopic (exact) mass is 304 g/mol. The Hall–Kier alpha value is -1.88. The minimum Gasteiger partial charge on any atom is -0.330 e. The molecule has 0 bridgehead atoms. The van der Waals surface area contributed by atoms with Gasteiger partial charge in [-0.3, -0.25) is 4.99 Å². The van der Waals surface area contributed by atoms with E-state index in [1.807, 2.05) is 18.2 Å². The quantitative estimate of drug-likeness (QED) is 0.923. The van der Waals surface area contributed by atoms with Crippen LogP contribution in [0.25, 0.3) is 0 Å². The summed E-state index contributed by atoms with van der Waals surface area (Å²) in [5.74, 6) is -0.401. The van der Waals surface area contributed by atoms with Crippen LogP contribution in [0.2, 0.25) is 0 Å². The number of nitrogens with one attached hydrogen (secondary N) is 1. The van der Waals surface area contributed by atoms with Gasteiger partial charge in [-0.25, -0.2) is 8.78 Å². The molecule has 1 heterocycles. The molecule has 2 nitrogen and oxygen atoms in total. The summed E-state index contributed by atoms with van der Waals surface area (Å²) >= 11 is 1.49. The maximum Gasteiger partial charge on any atom is 0.161 e. The lowest BCUT2D eigenvalue weighted by atomic mass is 10.1. The summed E-state index contributed by atoms with van der Waals surface area (Å²) < 4.78 is 27.2. The molecule has 1 N–H and O–H groups in total. The van der Waals surface area contributed by atoms with E-state index in [4.69, 9.17) is 0 Å². The average Bonchev–Trinajstić information content (AvgIpc) is 2.91. The number of amidine groups is 1. The number of hydrogen-bond donors (Lipinski definition) is 1. The number of aliphatic imine (C=N–C) groups is 1. The Morgan fingerprint density at radius 1 is 1.05 bits per heavy atom. The lowest BCUT2D eigenvalue weighted by Crippen LogP contribution is -2.10. The van der Waals surface area contributed by atoms with Crippen LogP contribution in [0, 0.1) is 11.6 Å². The third kappa shape index (κ3) is 3.42. The Bertz CT molecular complexity index is 638. The van der Waals surface area contributed by atoms with Crippen molar-refractivity contribution in [1.82, 2.24) is 0 Å². The first-order chi connectivity index (χ1) is 10.2. The van der Waals surface area contributed by atoms with Gasteiger partial charge in [0.15, 0.2) is 5.17 Å². The maximum atomic E-state index is 13.6. The van der Waals surface area contributed by atoms with Crippen LogP contribution in [-0.2, 0) is 6.42 Å². The maximum absolute atomic E-state index is 13.6. The van der Waals surface area contributed by atoms with E-state index < -0.39 is 11.6 Å². The minimum atomic E-state index is -0.607. The first-order valence-corrected chi connectivity index (χ1v) is 7.66. The van der Waals surface area contributed by atoms with Crippen LogP contribution in [0.1, 0.15) is 5.56 Å². The molecule has 0 fully saturated rings. The van der Waals surface area contributed by atoms with Crippen molar-refractivity contribution in [3.05, 3.63) is 65.7 Å². The Balaban J connectivity index is 1.69. The molecule has 0 saturated heterocycles. The number of anilines is 1. The number of hydrogen-bond acceptors (Lipinski definition) is 3. The van der Waals surface area contributed by atoms with E-state index in [-0.39, 0.29) is 11.7 Å². The van der Waals surface area contributed by atoms with Gasteiger partial charge in [0, 0.05) is 5.75 Å². The van der Waals surface area contributed by atoms with E-state index in [1.165, 1.54) is 35.5 Å². The van der Waals surface area contributed by atoms with Gasteiger partial charge in [0.2, 0.25) is 0 Å². The molecule has 0 aromatic heterocycles. The largest absolute Gasteiger partial charge is 0.330 e. The fraction of sp³-hybridized carbons (Fsp3) is 0.188. The van der Waals surface area contributed by atoms with E-state index >= 15 is 0 Å². The van der Waals surface area contributed by atoms with Crippen molar-refractivity contribution in [2.45, 2.75) is 12.5 Å². The van der Waals surface area contributed by atoms with Gasteiger partial charge in [-0.2, -0.15) is 0 Å². The summed E-state index contributed by atoms with van der Waals surface area (Å²) in [6, 6.07) is 14.0. The molecule has 1 aliphatic heterocycles. The minimum absolute atomic E-state index is 0.134. The van der Waals surface area contributed by atoms with E-state index in [0.717, 1.165) is 12.2 Å². The second kappa shape index (κ2) is 6.26. The van der Waals surface area contributed by atoms with Crippen molar-refractivity contribution in [3.63, 3.8) is 0 Å². The van der Waals surface area contributed by atoms with Crippen LogP contribution in [0.5, 0.6) is 0 Å². The van der Waals surface area contributed by atoms with Crippen molar-refractivity contribution in [2.75, 3.05) is 11.1 Å². The van der Waals surface area contributed by atoms with Gasteiger partial charge in [-0.05, 0) is 24.1 Å². The number of nitrogens with zero attached hydrogens (tertiary/aromatic N) is 1. The van der Waals surface area contributed by atoms with E-state index in [1.54, 1.807) is 0 Å². The molecule has 1 unspecified atom stereocenters. The van der Waals surface area contributed by atoms with Gasteiger partial charge in [0.05, 0.1) is 6.04 Å². The Morgan fingerprint density at radius 3 is 2.48 bits per heavy atom. The predicted octanol–water partition coefficient (Wildman–Crippen LogP) is 4.09. The van der Waals surface area contributed by atoms with Gasteiger partial charge >= 0.3 is 0 Å². The summed E-state index contributed by atoms with van der Waals surface area (Å²) in [5, 5.41) is 3.33. The lowest BCUT2D eigenvalue weighted by Gasteiger charge is -2.07. The standard InChI is InChI=1S/C16H14F2N2S/c17-13-7-4-8-14(18)15(13)20-16-19-12(10-21-16)9-11-5-2-1-3-6-11/h1-8,12H,9-10H2,(H,19,20). The van der Waals surface area contributed by atoms with Crippen LogP contribution < -0.4 is 5.32 Å². The summed E-state index contributed by atoms with van der Waals surface area (Å²) in [7, 11) is 0. The number of para-hydroxylation sites is 1. The highest BCUT2D eigenvalue weighted by atomic mass is 32.2. The molecule has 5 heteroatoms. The van der Waals surface area contributed by atoms with Crippen LogP contribution >= 0.6 is 11.8 Å². The first kappa shape index (κ1) is 14.1. The molecule has 1 aliphatic rings. The van der Waals surface area contributed by atoms with Crippen LogP contribution in [-0.4, -0.2) is 17.0 Å². The molecule has 2 aromatic rings. The molecule has 3 rings (SSSR count). The van der Waals surface area contributed by atoms with Crippen LogP contribution in [0.3, 0.4) is 0 Å². The third-order valence-corrected chi connectivity index (χ3v) is 4.25. The van der Waals surface area contributed by atoms with Gasteiger partial charge in [-0.15, -0.1) is 0 Å². The fourth-order valence-corrected chi connectivity index (χ4v) is 3.14. The number of benzene rings is 2. The Labute approximate surface area is 126 Å². The zero-order valence-electron chi connectivity index (χ0n) is 11.2. The topological polar surface area (TPSA) is 24.4 Å². The van der Waals surface area contributed by atoms with Crippen molar-refractivity contribution in [1.29, 1.82) is 0 Å². The van der Waals surface area contributed by atoms with Crippen LogP contribution in [0.15, 0.2) is 53.5 Å². The number of rotatable bonds is 3. The highest BCUT2D eigenvalue weighted by Gasteiger charge is 2.20. The zero-order valence-corrected chi connectivity index (χ0v) is 12.0. The van der Waals surface area contributed by atoms with E-state index in [0.29, 0.717) is 5.17 Å². The summed E-state index contributed by atoms with van der Waals surface area (Å²) in [6.07, 6.45) is 0.832. The smallest absolute Gasteiger partial charge is 0.161 e. The SMILES string of the molecule is Fc1cccc(F)c1NC1=NC(Cc2ccccc2)CS1. The fourth-order valence-electron chi connectivity index (χ4n) is 2.20. The molecule has 21 heavy (non-hydrogen) atoms. The average molecular weight is 304 g/mol. The zero-order chi connectivity index (χ0) is 14.7. The van der Waals surface area contributed by atoms with Crippen molar-refractivity contribution in [2.24, 2.45) is 4.99 Å². The molecule has 0 radical (unpaired) electrons. The molecule has 0 spiro atoms.